The van der Waals surface area contributed by atoms with E-state index in [-0.39, 0.29) is 5.75 Å². The second-order valence-electron chi connectivity index (χ2n) is 3.23. The van der Waals surface area contributed by atoms with Gasteiger partial charge >= 0.3 is 0 Å². The SMILES string of the molecule is CCOc1ccc(-n2ccc(N)n2)cc1F. The summed E-state index contributed by atoms with van der Waals surface area (Å²) < 4.78 is 20.1. The van der Waals surface area contributed by atoms with E-state index in [4.69, 9.17) is 10.5 Å². The zero-order valence-corrected chi connectivity index (χ0v) is 8.85. The molecule has 0 atom stereocenters. The summed E-state index contributed by atoms with van der Waals surface area (Å²) in [4.78, 5) is 0. The first-order chi connectivity index (χ1) is 7.70. The highest BCUT2D eigenvalue weighted by Crippen LogP contribution is 2.20. The van der Waals surface area contributed by atoms with Crippen LogP contribution in [0, 0.1) is 5.82 Å². The van der Waals surface area contributed by atoms with Crippen LogP contribution < -0.4 is 10.5 Å². The van der Waals surface area contributed by atoms with Crippen LogP contribution in [0.2, 0.25) is 0 Å². The van der Waals surface area contributed by atoms with Crippen LogP contribution in [0.5, 0.6) is 5.75 Å². The topological polar surface area (TPSA) is 53.1 Å². The number of hydrogen-bond acceptors (Lipinski definition) is 3. The van der Waals surface area contributed by atoms with Crippen LogP contribution in [-0.2, 0) is 0 Å². The van der Waals surface area contributed by atoms with E-state index in [1.54, 1.807) is 24.4 Å². The Labute approximate surface area is 92.4 Å². The van der Waals surface area contributed by atoms with E-state index in [9.17, 15) is 4.39 Å². The van der Waals surface area contributed by atoms with Crippen molar-refractivity contribution in [1.82, 2.24) is 9.78 Å². The fourth-order valence-corrected chi connectivity index (χ4v) is 1.39. The second kappa shape index (κ2) is 4.22. The van der Waals surface area contributed by atoms with Crippen LogP contribution in [-0.4, -0.2) is 16.4 Å². The molecule has 2 aromatic rings. The molecule has 1 heterocycles. The van der Waals surface area contributed by atoms with Gasteiger partial charge in [0.15, 0.2) is 11.6 Å². The molecule has 0 spiro atoms. The van der Waals surface area contributed by atoms with Crippen LogP contribution in [0.3, 0.4) is 0 Å². The third-order valence-electron chi connectivity index (χ3n) is 2.09. The molecule has 0 aliphatic carbocycles. The lowest BCUT2D eigenvalue weighted by Gasteiger charge is -2.06. The number of nitrogens with two attached hydrogens (primary N) is 1. The molecule has 2 rings (SSSR count). The zero-order valence-electron chi connectivity index (χ0n) is 8.85. The Bertz CT molecular complexity index is 496. The molecule has 0 fully saturated rings. The number of rotatable bonds is 3. The number of halogens is 1. The predicted octanol–water partition coefficient (Wildman–Crippen LogP) is 1.99. The number of ether oxygens (including phenoxy) is 1. The Morgan fingerprint density at radius 3 is 2.81 bits per heavy atom. The summed E-state index contributed by atoms with van der Waals surface area (Å²) >= 11 is 0. The van der Waals surface area contributed by atoms with Gasteiger partial charge < -0.3 is 10.5 Å². The average molecular weight is 221 g/mol. The number of nitrogen functional groups attached to an aromatic ring is 1. The van der Waals surface area contributed by atoms with Crippen molar-refractivity contribution in [3.05, 3.63) is 36.3 Å². The van der Waals surface area contributed by atoms with Gasteiger partial charge in [-0.05, 0) is 19.1 Å². The summed E-state index contributed by atoms with van der Waals surface area (Å²) in [5, 5.41) is 3.98. The molecule has 0 bridgehead atoms. The second-order valence-corrected chi connectivity index (χ2v) is 3.23. The van der Waals surface area contributed by atoms with Crippen molar-refractivity contribution in [2.24, 2.45) is 0 Å². The Hall–Kier alpha value is -2.04. The van der Waals surface area contributed by atoms with E-state index in [1.807, 2.05) is 6.92 Å². The number of hydrogen-bond donors (Lipinski definition) is 1. The molecule has 0 saturated carbocycles. The lowest BCUT2D eigenvalue weighted by atomic mass is 10.3. The fourth-order valence-electron chi connectivity index (χ4n) is 1.39. The number of benzene rings is 1. The largest absolute Gasteiger partial charge is 0.491 e. The fraction of sp³-hybridized carbons (Fsp3) is 0.182. The maximum absolute atomic E-state index is 13.5. The van der Waals surface area contributed by atoms with Gasteiger partial charge in [-0.1, -0.05) is 0 Å². The highest BCUT2D eigenvalue weighted by molar-refractivity contribution is 5.39. The molecule has 1 aromatic heterocycles. The van der Waals surface area contributed by atoms with Crippen LogP contribution in [0.1, 0.15) is 6.92 Å². The van der Waals surface area contributed by atoms with Crippen molar-refractivity contribution in [3.63, 3.8) is 0 Å². The van der Waals surface area contributed by atoms with Crippen LogP contribution in [0.15, 0.2) is 30.5 Å². The smallest absolute Gasteiger partial charge is 0.167 e. The van der Waals surface area contributed by atoms with E-state index in [0.717, 1.165) is 0 Å². The number of nitrogens with zero attached hydrogens (tertiary/aromatic N) is 2. The van der Waals surface area contributed by atoms with Gasteiger partial charge in [-0.25, -0.2) is 9.07 Å². The number of aromatic nitrogens is 2. The zero-order chi connectivity index (χ0) is 11.5. The highest BCUT2D eigenvalue weighted by atomic mass is 19.1. The van der Waals surface area contributed by atoms with Crippen LogP contribution >= 0.6 is 0 Å². The minimum Gasteiger partial charge on any atom is -0.491 e. The molecule has 1 aromatic carbocycles. The molecular weight excluding hydrogens is 209 g/mol. The van der Waals surface area contributed by atoms with E-state index < -0.39 is 5.82 Å². The van der Waals surface area contributed by atoms with Gasteiger partial charge in [-0.15, -0.1) is 0 Å². The number of anilines is 1. The van der Waals surface area contributed by atoms with Gasteiger partial charge in [0.25, 0.3) is 0 Å². The van der Waals surface area contributed by atoms with E-state index >= 15 is 0 Å². The molecule has 0 saturated heterocycles. The Kier molecular flexibility index (Phi) is 2.76. The normalized spacial score (nSPS) is 10.4. The van der Waals surface area contributed by atoms with Gasteiger partial charge in [0.1, 0.15) is 5.82 Å². The molecule has 2 N–H and O–H groups in total. The van der Waals surface area contributed by atoms with E-state index in [2.05, 4.69) is 5.10 Å². The monoisotopic (exact) mass is 221 g/mol. The molecule has 0 radical (unpaired) electrons. The molecule has 4 nitrogen and oxygen atoms in total. The first kappa shape index (κ1) is 10.5. The molecule has 0 aliphatic rings. The van der Waals surface area contributed by atoms with Crippen molar-refractivity contribution in [3.8, 4) is 11.4 Å². The van der Waals surface area contributed by atoms with E-state index in [1.165, 1.54) is 10.7 Å². The van der Waals surface area contributed by atoms with E-state index in [0.29, 0.717) is 18.1 Å². The summed E-state index contributed by atoms with van der Waals surface area (Å²) in [6.07, 6.45) is 1.67. The maximum Gasteiger partial charge on any atom is 0.167 e. The summed E-state index contributed by atoms with van der Waals surface area (Å²) in [5.41, 5.74) is 6.09. The van der Waals surface area contributed by atoms with Gasteiger partial charge in [0, 0.05) is 18.3 Å². The molecule has 0 unspecified atom stereocenters. The molecule has 16 heavy (non-hydrogen) atoms. The van der Waals surface area contributed by atoms with Crippen molar-refractivity contribution < 1.29 is 9.13 Å². The van der Waals surface area contributed by atoms with Gasteiger partial charge in [-0.3, -0.25) is 0 Å². The Morgan fingerprint density at radius 1 is 1.44 bits per heavy atom. The van der Waals surface area contributed by atoms with Gasteiger partial charge in [0.05, 0.1) is 12.3 Å². The van der Waals surface area contributed by atoms with Crippen LogP contribution in [0.25, 0.3) is 5.69 Å². The molecule has 0 aliphatic heterocycles. The third kappa shape index (κ3) is 1.98. The standard InChI is InChI=1S/C11H12FN3O/c1-2-16-10-4-3-8(7-9(10)12)15-6-5-11(13)14-15/h3-7H,2H2,1H3,(H2,13,14). The molecular formula is C11H12FN3O. The van der Waals surface area contributed by atoms with Gasteiger partial charge in [-0.2, -0.15) is 5.10 Å². The summed E-state index contributed by atoms with van der Waals surface area (Å²) in [6, 6.07) is 6.30. The lowest BCUT2D eigenvalue weighted by molar-refractivity contribution is 0.321. The van der Waals surface area contributed by atoms with Crippen molar-refractivity contribution in [2.75, 3.05) is 12.3 Å². The minimum absolute atomic E-state index is 0.242. The summed E-state index contributed by atoms with van der Waals surface area (Å²) in [7, 11) is 0. The van der Waals surface area contributed by atoms with Gasteiger partial charge in [0.2, 0.25) is 0 Å². The molecule has 0 amide bonds. The molecule has 84 valence electrons. The van der Waals surface area contributed by atoms with Crippen molar-refractivity contribution in [2.45, 2.75) is 6.92 Å². The highest BCUT2D eigenvalue weighted by Gasteiger charge is 2.06. The Balaban J connectivity index is 2.34. The third-order valence-corrected chi connectivity index (χ3v) is 2.09. The average Bonchev–Trinajstić information content (AvgIpc) is 2.68. The first-order valence-electron chi connectivity index (χ1n) is 4.94. The Morgan fingerprint density at radius 2 is 2.25 bits per heavy atom. The maximum atomic E-state index is 13.5. The molecule has 5 heteroatoms. The summed E-state index contributed by atoms with van der Waals surface area (Å²) in [5.74, 6) is 0.231. The minimum atomic E-state index is -0.409. The first-order valence-corrected chi connectivity index (χ1v) is 4.94. The quantitative estimate of drug-likeness (QED) is 0.862. The van der Waals surface area contributed by atoms with Crippen molar-refractivity contribution in [1.29, 1.82) is 0 Å². The summed E-state index contributed by atoms with van der Waals surface area (Å²) in [6.45, 7) is 2.24. The lowest BCUT2D eigenvalue weighted by Crippen LogP contribution is -1.99. The van der Waals surface area contributed by atoms with Crippen LogP contribution in [0.4, 0.5) is 10.2 Å². The predicted molar refractivity (Wildman–Crippen MR) is 59.1 cm³/mol. The van der Waals surface area contributed by atoms with Crippen molar-refractivity contribution >= 4 is 5.82 Å².